The number of carbonyl (C=O) groups excluding carboxylic acids is 2. The van der Waals surface area contributed by atoms with Crippen LogP contribution in [0.15, 0.2) is 54.6 Å². The molecule has 0 fully saturated rings. The predicted molar refractivity (Wildman–Crippen MR) is 110 cm³/mol. The summed E-state index contributed by atoms with van der Waals surface area (Å²) in [5.41, 5.74) is 1.29. The number of ether oxygens (including phenoxy) is 1. The van der Waals surface area contributed by atoms with E-state index in [-0.39, 0.29) is 5.92 Å². The molecule has 0 saturated heterocycles. The summed E-state index contributed by atoms with van der Waals surface area (Å²) in [5.74, 6) is -0.985. The minimum absolute atomic E-state index is 0.256. The molecule has 0 aliphatic carbocycles. The number of benzene rings is 2. The summed E-state index contributed by atoms with van der Waals surface area (Å²) >= 11 is 0. The van der Waals surface area contributed by atoms with E-state index in [0.29, 0.717) is 11.3 Å². The third kappa shape index (κ3) is 6.47. The van der Waals surface area contributed by atoms with Crippen molar-refractivity contribution in [2.75, 3.05) is 5.32 Å². The highest BCUT2D eigenvalue weighted by Crippen LogP contribution is 2.29. The van der Waals surface area contributed by atoms with E-state index in [2.05, 4.69) is 19.2 Å². The maximum atomic E-state index is 12.6. The Morgan fingerprint density at radius 3 is 2.30 bits per heavy atom. The van der Waals surface area contributed by atoms with Gasteiger partial charge < -0.3 is 10.1 Å². The zero-order chi connectivity index (χ0) is 22.3. The fourth-order valence-electron chi connectivity index (χ4n) is 2.71. The second kappa shape index (κ2) is 10.1. The fraction of sp³-hybridized carbons (Fsp3) is 0.304. The molecule has 0 spiro atoms. The van der Waals surface area contributed by atoms with Gasteiger partial charge in [-0.1, -0.05) is 44.2 Å². The molecule has 0 saturated carbocycles. The summed E-state index contributed by atoms with van der Waals surface area (Å²) < 4.78 is 42.8. The summed E-state index contributed by atoms with van der Waals surface area (Å²) in [4.78, 5) is 24.4. The number of hydrogen-bond donors (Lipinski definition) is 1. The largest absolute Gasteiger partial charge is 0.449 e. The Labute approximate surface area is 173 Å². The molecule has 0 heterocycles. The summed E-state index contributed by atoms with van der Waals surface area (Å²) in [5, 5.41) is 2.78. The molecular formula is C23H24F3NO3. The zero-order valence-corrected chi connectivity index (χ0v) is 17.0. The van der Waals surface area contributed by atoms with Gasteiger partial charge in [0.15, 0.2) is 6.10 Å². The monoisotopic (exact) mass is 419 g/mol. The number of carbonyl (C=O) groups is 2. The van der Waals surface area contributed by atoms with Gasteiger partial charge in [0.05, 0.1) is 5.56 Å². The van der Waals surface area contributed by atoms with Crippen molar-refractivity contribution in [3.63, 3.8) is 0 Å². The van der Waals surface area contributed by atoms with Crippen molar-refractivity contribution in [2.24, 2.45) is 0 Å². The first kappa shape index (κ1) is 23.2. The number of nitrogens with one attached hydrogen (secondary N) is 1. The van der Waals surface area contributed by atoms with Crippen molar-refractivity contribution in [1.29, 1.82) is 0 Å². The van der Waals surface area contributed by atoms with Gasteiger partial charge in [0.2, 0.25) is 0 Å². The maximum Gasteiger partial charge on any atom is 0.416 e. The molecule has 0 radical (unpaired) electrons. The van der Waals surface area contributed by atoms with Gasteiger partial charge >= 0.3 is 12.1 Å². The van der Waals surface area contributed by atoms with E-state index in [1.807, 2.05) is 18.2 Å². The Kier molecular flexibility index (Phi) is 7.80. The number of anilines is 1. The molecule has 0 aromatic heterocycles. The second-order valence-corrected chi connectivity index (χ2v) is 6.92. The number of hydrogen-bond acceptors (Lipinski definition) is 3. The average molecular weight is 419 g/mol. The third-order valence-corrected chi connectivity index (χ3v) is 4.67. The topological polar surface area (TPSA) is 55.4 Å². The van der Waals surface area contributed by atoms with E-state index in [1.165, 1.54) is 25.1 Å². The lowest BCUT2D eigenvalue weighted by molar-refractivity contribution is -0.148. The van der Waals surface area contributed by atoms with Crippen molar-refractivity contribution in [1.82, 2.24) is 0 Å². The normalized spacial score (nSPS) is 13.7. The molecule has 2 aromatic rings. The van der Waals surface area contributed by atoms with E-state index in [0.717, 1.165) is 30.2 Å². The zero-order valence-electron chi connectivity index (χ0n) is 17.0. The van der Waals surface area contributed by atoms with Crippen molar-refractivity contribution >= 4 is 23.6 Å². The smallest absolute Gasteiger partial charge is 0.416 e. The first-order chi connectivity index (χ1) is 14.1. The SMILES string of the molecule is CC[C@@H](C)c1ccccc1NC(=O)[C@@H](C)OC(=O)/C=C/c1ccc(C(F)(F)F)cc1. The molecule has 0 bridgehead atoms. The van der Waals surface area contributed by atoms with Crippen LogP contribution in [-0.2, 0) is 20.5 Å². The van der Waals surface area contributed by atoms with Crippen molar-refractivity contribution in [3.05, 3.63) is 71.3 Å². The first-order valence-corrected chi connectivity index (χ1v) is 9.57. The van der Waals surface area contributed by atoms with E-state index < -0.39 is 29.7 Å². The molecule has 160 valence electrons. The molecule has 0 aliphatic heterocycles. The lowest BCUT2D eigenvalue weighted by Crippen LogP contribution is -2.29. The second-order valence-electron chi connectivity index (χ2n) is 6.92. The molecule has 4 nitrogen and oxygen atoms in total. The van der Waals surface area contributed by atoms with Gasteiger partial charge in [-0.3, -0.25) is 4.79 Å². The third-order valence-electron chi connectivity index (χ3n) is 4.67. The van der Waals surface area contributed by atoms with Crippen LogP contribution in [0.25, 0.3) is 6.08 Å². The predicted octanol–water partition coefficient (Wildman–Crippen LogP) is 5.80. The molecular weight excluding hydrogens is 395 g/mol. The van der Waals surface area contributed by atoms with Gasteiger partial charge in [-0.25, -0.2) is 4.79 Å². The van der Waals surface area contributed by atoms with Crippen molar-refractivity contribution < 1.29 is 27.5 Å². The van der Waals surface area contributed by atoms with Crippen LogP contribution in [0.4, 0.5) is 18.9 Å². The van der Waals surface area contributed by atoms with Crippen LogP contribution in [0.2, 0.25) is 0 Å². The lowest BCUT2D eigenvalue weighted by atomic mass is 9.97. The van der Waals surface area contributed by atoms with Crippen LogP contribution >= 0.6 is 0 Å². The van der Waals surface area contributed by atoms with Crippen LogP contribution < -0.4 is 5.32 Å². The first-order valence-electron chi connectivity index (χ1n) is 9.57. The van der Waals surface area contributed by atoms with Gasteiger partial charge in [-0.05, 0) is 54.7 Å². The lowest BCUT2D eigenvalue weighted by Gasteiger charge is -2.17. The van der Waals surface area contributed by atoms with Crippen molar-refractivity contribution in [2.45, 2.75) is 45.4 Å². The highest BCUT2D eigenvalue weighted by Gasteiger charge is 2.29. The maximum absolute atomic E-state index is 12.6. The molecule has 1 N–H and O–H groups in total. The minimum Gasteiger partial charge on any atom is -0.449 e. The number of halogens is 3. The summed E-state index contributed by atoms with van der Waals surface area (Å²) in [6, 6.07) is 11.8. The molecule has 1 amide bonds. The number of alkyl halides is 3. The van der Waals surface area contributed by atoms with Crippen LogP contribution in [0, 0.1) is 0 Å². The minimum atomic E-state index is -4.42. The van der Waals surface area contributed by atoms with Crippen LogP contribution in [0.3, 0.4) is 0 Å². The molecule has 0 unspecified atom stereocenters. The Morgan fingerprint density at radius 2 is 1.70 bits per heavy atom. The van der Waals surface area contributed by atoms with Gasteiger partial charge in [-0.15, -0.1) is 0 Å². The Morgan fingerprint density at radius 1 is 1.07 bits per heavy atom. The fourth-order valence-corrected chi connectivity index (χ4v) is 2.71. The standard InChI is InChI=1S/C23H24F3NO3/c1-4-15(2)19-7-5-6-8-20(19)27-22(29)16(3)30-21(28)14-11-17-9-12-18(13-10-17)23(24,25)26/h5-16H,4H2,1-3H3,(H,27,29)/b14-11+/t15-,16-/m1/s1. The quantitative estimate of drug-likeness (QED) is 0.456. The van der Waals surface area contributed by atoms with Gasteiger partial charge in [0.25, 0.3) is 5.91 Å². The van der Waals surface area contributed by atoms with E-state index in [4.69, 9.17) is 4.74 Å². The van der Waals surface area contributed by atoms with E-state index >= 15 is 0 Å². The number of para-hydroxylation sites is 1. The van der Waals surface area contributed by atoms with Crippen LogP contribution in [-0.4, -0.2) is 18.0 Å². The average Bonchev–Trinajstić information content (AvgIpc) is 2.71. The Hall–Kier alpha value is -3.09. The Bertz CT molecular complexity index is 905. The van der Waals surface area contributed by atoms with Crippen LogP contribution in [0.5, 0.6) is 0 Å². The summed E-state index contributed by atoms with van der Waals surface area (Å²) in [6.45, 7) is 5.56. The number of esters is 1. The molecule has 7 heteroatoms. The molecule has 2 rings (SSSR count). The molecule has 0 aliphatic rings. The molecule has 2 atom stereocenters. The van der Waals surface area contributed by atoms with Crippen molar-refractivity contribution in [3.8, 4) is 0 Å². The van der Waals surface area contributed by atoms with E-state index in [1.54, 1.807) is 6.07 Å². The molecule has 30 heavy (non-hydrogen) atoms. The highest BCUT2D eigenvalue weighted by molar-refractivity contribution is 5.97. The molecule has 2 aromatic carbocycles. The number of amides is 1. The van der Waals surface area contributed by atoms with Gasteiger partial charge in [0.1, 0.15) is 0 Å². The Balaban J connectivity index is 1.96. The van der Waals surface area contributed by atoms with Gasteiger partial charge in [0, 0.05) is 11.8 Å². The van der Waals surface area contributed by atoms with E-state index in [9.17, 15) is 22.8 Å². The summed E-state index contributed by atoms with van der Waals surface area (Å²) in [6.07, 6.45) is -2.16. The number of rotatable bonds is 7. The van der Waals surface area contributed by atoms with Gasteiger partial charge in [-0.2, -0.15) is 13.2 Å². The van der Waals surface area contributed by atoms with Crippen LogP contribution in [0.1, 0.15) is 49.8 Å². The summed E-state index contributed by atoms with van der Waals surface area (Å²) in [7, 11) is 0. The highest BCUT2D eigenvalue weighted by atomic mass is 19.4.